The van der Waals surface area contributed by atoms with E-state index in [2.05, 4.69) is 15.0 Å². The van der Waals surface area contributed by atoms with Crippen molar-refractivity contribution in [3.8, 4) is 0 Å². The van der Waals surface area contributed by atoms with Crippen molar-refractivity contribution < 1.29 is 14.4 Å². The summed E-state index contributed by atoms with van der Waals surface area (Å²) in [5.41, 5.74) is -0.703. The molecular weight excluding hydrogens is 270 g/mol. The van der Waals surface area contributed by atoms with Crippen molar-refractivity contribution in [3.63, 3.8) is 0 Å². The van der Waals surface area contributed by atoms with Gasteiger partial charge in [-0.25, -0.2) is 0 Å². The number of carboxylic acid groups (broad SMARTS) is 1. The number of fused-ring (bicyclic) bond motifs is 1. The van der Waals surface area contributed by atoms with Gasteiger partial charge in [0.25, 0.3) is 0 Å². The highest BCUT2D eigenvalue weighted by Crippen LogP contribution is 2.49. The lowest BCUT2D eigenvalue weighted by atomic mass is 9.81. The molecule has 116 valence electrons. The average Bonchev–Trinajstić information content (AvgIpc) is 3.01. The van der Waals surface area contributed by atoms with Gasteiger partial charge in [0.15, 0.2) is 5.82 Å². The van der Waals surface area contributed by atoms with E-state index in [1.54, 1.807) is 0 Å². The van der Waals surface area contributed by atoms with E-state index in [0.717, 1.165) is 25.8 Å². The van der Waals surface area contributed by atoms with Gasteiger partial charge in [-0.05, 0) is 18.8 Å². The first-order valence-electron chi connectivity index (χ1n) is 7.60. The zero-order valence-electron chi connectivity index (χ0n) is 12.9. The lowest BCUT2D eigenvalue weighted by Crippen LogP contribution is -2.35. The molecule has 0 unspecified atom stereocenters. The van der Waals surface area contributed by atoms with Crippen molar-refractivity contribution in [1.29, 1.82) is 0 Å². The molecule has 6 heteroatoms. The van der Waals surface area contributed by atoms with Gasteiger partial charge in [-0.15, -0.1) is 0 Å². The van der Waals surface area contributed by atoms with Crippen molar-refractivity contribution in [2.45, 2.75) is 52.0 Å². The quantitative estimate of drug-likeness (QED) is 0.919. The van der Waals surface area contributed by atoms with Crippen LogP contribution in [0.5, 0.6) is 0 Å². The topological polar surface area (TPSA) is 79.5 Å². The molecule has 6 nitrogen and oxygen atoms in total. The smallest absolute Gasteiger partial charge is 0.311 e. The largest absolute Gasteiger partial charge is 0.481 e. The molecule has 2 heterocycles. The van der Waals surface area contributed by atoms with Crippen molar-refractivity contribution >= 4 is 5.97 Å². The van der Waals surface area contributed by atoms with Crippen LogP contribution in [0.1, 0.15) is 51.7 Å². The summed E-state index contributed by atoms with van der Waals surface area (Å²) in [5.74, 6) is 0.908. The number of carboxylic acids is 1. The van der Waals surface area contributed by atoms with Crippen molar-refractivity contribution in [2.75, 3.05) is 13.1 Å². The summed E-state index contributed by atoms with van der Waals surface area (Å²) in [4.78, 5) is 18.3. The summed E-state index contributed by atoms with van der Waals surface area (Å²) in [7, 11) is 0. The van der Waals surface area contributed by atoms with E-state index in [1.807, 2.05) is 20.8 Å². The molecule has 1 N–H and O–H groups in total. The normalized spacial score (nSPS) is 29.8. The summed E-state index contributed by atoms with van der Waals surface area (Å²) in [6, 6.07) is 0. The lowest BCUT2D eigenvalue weighted by Gasteiger charge is -2.23. The Balaban J connectivity index is 1.70. The standard InChI is InChI=1S/C15H23N3O3/c1-14(2,3)12-16-11(17-21-12)8-18-7-10-5-4-6-15(10,9-18)13(19)20/h10H,4-9H2,1-3H3,(H,19,20)/t10-,15+/m0/s1. The number of hydrogen-bond donors (Lipinski definition) is 1. The highest BCUT2D eigenvalue weighted by molar-refractivity contribution is 5.76. The Morgan fingerprint density at radius 1 is 1.52 bits per heavy atom. The minimum atomic E-state index is -0.643. The molecule has 2 atom stereocenters. The highest BCUT2D eigenvalue weighted by atomic mass is 16.5. The van der Waals surface area contributed by atoms with Crippen LogP contribution >= 0.6 is 0 Å². The van der Waals surface area contributed by atoms with Gasteiger partial charge in [0.1, 0.15) is 0 Å². The first kappa shape index (κ1) is 14.5. The van der Waals surface area contributed by atoms with Crippen LogP contribution < -0.4 is 0 Å². The molecule has 1 aliphatic carbocycles. The van der Waals surface area contributed by atoms with Crippen LogP contribution in [0.4, 0.5) is 0 Å². The van der Waals surface area contributed by atoms with Gasteiger partial charge in [-0.3, -0.25) is 9.69 Å². The molecule has 0 aromatic carbocycles. The Kier molecular flexibility index (Phi) is 3.31. The van der Waals surface area contributed by atoms with Crippen LogP contribution in [0.25, 0.3) is 0 Å². The van der Waals surface area contributed by atoms with Crippen molar-refractivity contribution in [2.24, 2.45) is 11.3 Å². The molecule has 3 rings (SSSR count). The summed E-state index contributed by atoms with van der Waals surface area (Å²) in [6.45, 7) is 8.10. The van der Waals surface area contributed by atoms with E-state index >= 15 is 0 Å². The Bertz CT molecular complexity index is 549. The number of carbonyl (C=O) groups is 1. The van der Waals surface area contributed by atoms with Gasteiger partial charge >= 0.3 is 5.97 Å². The van der Waals surface area contributed by atoms with Crippen LogP contribution in [0.2, 0.25) is 0 Å². The maximum atomic E-state index is 11.7. The second-order valence-electron chi connectivity index (χ2n) is 7.49. The molecule has 1 saturated carbocycles. The first-order chi connectivity index (χ1) is 9.81. The predicted octanol–water partition coefficient (Wildman–Crippen LogP) is 2.05. The van der Waals surface area contributed by atoms with E-state index in [4.69, 9.17) is 4.52 Å². The van der Waals surface area contributed by atoms with Gasteiger partial charge in [0.05, 0.1) is 12.0 Å². The summed E-state index contributed by atoms with van der Waals surface area (Å²) < 4.78 is 5.30. The number of hydrogen-bond acceptors (Lipinski definition) is 5. The van der Waals surface area contributed by atoms with Crippen LogP contribution in [0, 0.1) is 11.3 Å². The van der Waals surface area contributed by atoms with Gasteiger partial charge in [0.2, 0.25) is 5.89 Å². The molecule has 1 aromatic heterocycles. The lowest BCUT2D eigenvalue weighted by molar-refractivity contribution is -0.149. The van der Waals surface area contributed by atoms with Crippen molar-refractivity contribution in [3.05, 3.63) is 11.7 Å². The molecule has 0 radical (unpaired) electrons. The maximum absolute atomic E-state index is 11.7. The maximum Gasteiger partial charge on any atom is 0.311 e. The number of rotatable bonds is 3. The minimum Gasteiger partial charge on any atom is -0.481 e. The third-order valence-corrected chi connectivity index (χ3v) is 4.84. The fourth-order valence-corrected chi connectivity index (χ4v) is 3.69. The Hall–Kier alpha value is -1.43. The molecule has 1 aliphatic heterocycles. The monoisotopic (exact) mass is 293 g/mol. The van der Waals surface area contributed by atoms with E-state index in [1.165, 1.54) is 0 Å². The third-order valence-electron chi connectivity index (χ3n) is 4.84. The molecule has 1 aromatic rings. The van der Waals surface area contributed by atoms with E-state index < -0.39 is 11.4 Å². The van der Waals surface area contributed by atoms with Crippen LogP contribution in [-0.2, 0) is 16.8 Å². The second-order valence-corrected chi connectivity index (χ2v) is 7.49. The summed E-state index contributed by atoms with van der Waals surface area (Å²) in [5, 5.41) is 13.6. The molecule has 0 amide bonds. The van der Waals surface area contributed by atoms with E-state index in [9.17, 15) is 9.90 Å². The molecule has 21 heavy (non-hydrogen) atoms. The SMILES string of the molecule is CC(C)(C)c1nc(CN2C[C@@H]3CCC[C@@]3(C(=O)O)C2)no1. The number of aromatic nitrogens is 2. The first-order valence-corrected chi connectivity index (χ1v) is 7.60. The van der Waals surface area contributed by atoms with E-state index in [0.29, 0.717) is 24.8 Å². The highest BCUT2D eigenvalue weighted by Gasteiger charge is 2.54. The molecule has 0 bridgehead atoms. The van der Waals surface area contributed by atoms with Crippen LogP contribution in [0.15, 0.2) is 4.52 Å². The van der Waals surface area contributed by atoms with Gasteiger partial charge in [-0.2, -0.15) is 4.98 Å². The Morgan fingerprint density at radius 2 is 2.29 bits per heavy atom. The third kappa shape index (κ3) is 2.46. The molecule has 2 fully saturated rings. The number of nitrogens with zero attached hydrogens (tertiary/aromatic N) is 3. The minimum absolute atomic E-state index is 0.158. The molecular formula is C15H23N3O3. The Labute approximate surface area is 124 Å². The zero-order valence-corrected chi connectivity index (χ0v) is 12.9. The van der Waals surface area contributed by atoms with Gasteiger partial charge < -0.3 is 9.63 Å². The summed E-state index contributed by atoms with van der Waals surface area (Å²) >= 11 is 0. The fraction of sp³-hybridized carbons (Fsp3) is 0.800. The van der Waals surface area contributed by atoms with Crippen LogP contribution in [-0.4, -0.2) is 39.2 Å². The van der Waals surface area contributed by atoms with Crippen LogP contribution in [0.3, 0.4) is 0 Å². The van der Waals surface area contributed by atoms with Gasteiger partial charge in [-0.1, -0.05) is 32.3 Å². The van der Waals surface area contributed by atoms with Gasteiger partial charge in [0, 0.05) is 18.5 Å². The molecule has 0 spiro atoms. The zero-order chi connectivity index (χ0) is 15.3. The predicted molar refractivity (Wildman–Crippen MR) is 75.7 cm³/mol. The molecule has 2 aliphatic rings. The number of aliphatic carboxylic acids is 1. The summed E-state index contributed by atoms with van der Waals surface area (Å²) in [6.07, 6.45) is 2.84. The van der Waals surface area contributed by atoms with Crippen molar-refractivity contribution in [1.82, 2.24) is 15.0 Å². The number of likely N-dealkylation sites (tertiary alicyclic amines) is 1. The van der Waals surface area contributed by atoms with E-state index in [-0.39, 0.29) is 11.3 Å². The Morgan fingerprint density at radius 3 is 2.86 bits per heavy atom. The second kappa shape index (κ2) is 4.80. The molecule has 1 saturated heterocycles. The average molecular weight is 293 g/mol. The fourth-order valence-electron chi connectivity index (χ4n) is 3.69.